The molecular formula is C14H27N3O. The lowest BCUT2D eigenvalue weighted by Crippen LogP contribution is -2.46. The Morgan fingerprint density at radius 1 is 1.28 bits per heavy atom. The number of hydrogen-bond acceptors (Lipinski definition) is 3. The van der Waals surface area contributed by atoms with Crippen molar-refractivity contribution in [1.29, 1.82) is 0 Å². The third kappa shape index (κ3) is 3.69. The summed E-state index contributed by atoms with van der Waals surface area (Å²) in [5, 5.41) is 3.25. The Hall–Kier alpha value is -0.610. The Labute approximate surface area is 110 Å². The molecule has 4 heteroatoms. The second-order valence-corrected chi connectivity index (χ2v) is 6.05. The van der Waals surface area contributed by atoms with Gasteiger partial charge in [0.05, 0.1) is 0 Å². The molecule has 2 rings (SSSR count). The van der Waals surface area contributed by atoms with Crippen LogP contribution in [0.2, 0.25) is 0 Å². The fourth-order valence-electron chi connectivity index (χ4n) is 3.22. The van der Waals surface area contributed by atoms with Crippen LogP contribution in [0.3, 0.4) is 0 Å². The number of amides is 1. The third-order valence-electron chi connectivity index (χ3n) is 4.55. The molecule has 0 aromatic rings. The number of hydrogen-bond donors (Lipinski definition) is 2. The van der Waals surface area contributed by atoms with Crippen LogP contribution in [0.25, 0.3) is 0 Å². The first-order chi connectivity index (χ1) is 8.69. The summed E-state index contributed by atoms with van der Waals surface area (Å²) in [6.07, 6.45) is 6.59. The van der Waals surface area contributed by atoms with E-state index in [4.69, 9.17) is 5.73 Å². The van der Waals surface area contributed by atoms with Crippen molar-refractivity contribution in [2.75, 3.05) is 26.7 Å². The molecule has 1 aliphatic carbocycles. The molecule has 2 atom stereocenters. The highest BCUT2D eigenvalue weighted by Crippen LogP contribution is 2.28. The average molecular weight is 253 g/mol. The van der Waals surface area contributed by atoms with E-state index in [2.05, 4.69) is 17.3 Å². The van der Waals surface area contributed by atoms with Crippen molar-refractivity contribution >= 4 is 5.91 Å². The quantitative estimate of drug-likeness (QED) is 0.788. The van der Waals surface area contributed by atoms with Crippen molar-refractivity contribution < 1.29 is 4.79 Å². The highest BCUT2D eigenvalue weighted by Gasteiger charge is 2.28. The van der Waals surface area contributed by atoms with Gasteiger partial charge >= 0.3 is 0 Å². The van der Waals surface area contributed by atoms with Crippen LogP contribution in [-0.4, -0.2) is 43.5 Å². The lowest BCUT2D eigenvalue weighted by Gasteiger charge is -2.32. The van der Waals surface area contributed by atoms with Crippen molar-refractivity contribution in [1.82, 2.24) is 10.2 Å². The van der Waals surface area contributed by atoms with Gasteiger partial charge in [0, 0.05) is 12.0 Å². The minimum atomic E-state index is 0.215. The van der Waals surface area contributed by atoms with Crippen molar-refractivity contribution in [3.05, 3.63) is 0 Å². The Morgan fingerprint density at radius 3 is 2.67 bits per heavy atom. The van der Waals surface area contributed by atoms with Gasteiger partial charge in [-0.1, -0.05) is 6.42 Å². The molecule has 18 heavy (non-hydrogen) atoms. The first-order valence-corrected chi connectivity index (χ1v) is 7.38. The molecule has 1 aliphatic heterocycles. The molecule has 2 fully saturated rings. The lowest BCUT2D eigenvalue weighted by molar-refractivity contribution is -0.127. The lowest BCUT2D eigenvalue weighted by atomic mass is 9.81. The van der Waals surface area contributed by atoms with Crippen molar-refractivity contribution in [2.45, 2.75) is 44.6 Å². The maximum atomic E-state index is 12.2. The van der Waals surface area contributed by atoms with Gasteiger partial charge in [0.1, 0.15) is 0 Å². The molecule has 2 aliphatic rings. The van der Waals surface area contributed by atoms with Crippen LogP contribution in [0.4, 0.5) is 0 Å². The van der Waals surface area contributed by atoms with Gasteiger partial charge < -0.3 is 16.0 Å². The van der Waals surface area contributed by atoms with E-state index in [-0.39, 0.29) is 11.8 Å². The maximum Gasteiger partial charge on any atom is 0.223 e. The molecule has 1 amide bonds. The Balaban J connectivity index is 1.77. The van der Waals surface area contributed by atoms with E-state index in [1.165, 1.54) is 6.42 Å². The number of piperidine rings is 1. The summed E-state index contributed by atoms with van der Waals surface area (Å²) in [7, 11) is 2.14. The van der Waals surface area contributed by atoms with Crippen LogP contribution in [0, 0.1) is 11.8 Å². The van der Waals surface area contributed by atoms with Crippen LogP contribution in [-0.2, 0) is 4.79 Å². The number of carbonyl (C=O) groups is 1. The second kappa shape index (κ2) is 6.53. The van der Waals surface area contributed by atoms with Gasteiger partial charge in [-0.2, -0.15) is 0 Å². The molecule has 1 saturated heterocycles. The van der Waals surface area contributed by atoms with Gasteiger partial charge in [-0.15, -0.1) is 0 Å². The molecular weight excluding hydrogens is 226 g/mol. The molecule has 0 radical (unpaired) electrons. The number of carbonyl (C=O) groups excluding carboxylic acids is 1. The van der Waals surface area contributed by atoms with E-state index in [0.717, 1.165) is 51.7 Å². The van der Waals surface area contributed by atoms with Crippen LogP contribution < -0.4 is 11.1 Å². The predicted molar refractivity (Wildman–Crippen MR) is 73.2 cm³/mol. The Morgan fingerprint density at radius 2 is 2.00 bits per heavy atom. The average Bonchev–Trinajstić information content (AvgIpc) is 2.41. The topological polar surface area (TPSA) is 58.4 Å². The fraction of sp³-hybridized carbons (Fsp3) is 0.929. The van der Waals surface area contributed by atoms with E-state index in [1.54, 1.807) is 0 Å². The molecule has 4 nitrogen and oxygen atoms in total. The van der Waals surface area contributed by atoms with Gasteiger partial charge in [-0.25, -0.2) is 0 Å². The zero-order chi connectivity index (χ0) is 13.0. The number of nitrogens with zero attached hydrogens (tertiary/aromatic N) is 1. The maximum absolute atomic E-state index is 12.2. The first-order valence-electron chi connectivity index (χ1n) is 7.38. The predicted octanol–water partition coefficient (Wildman–Crippen LogP) is 0.962. The Kier molecular flexibility index (Phi) is 5.01. The van der Waals surface area contributed by atoms with Gasteiger partial charge in [-0.3, -0.25) is 4.79 Å². The number of nitrogens with one attached hydrogen (secondary N) is 1. The van der Waals surface area contributed by atoms with E-state index < -0.39 is 0 Å². The number of nitrogens with two attached hydrogens (primary N) is 1. The van der Waals surface area contributed by atoms with Gasteiger partial charge in [-0.05, 0) is 64.7 Å². The molecule has 3 N–H and O–H groups in total. The summed E-state index contributed by atoms with van der Waals surface area (Å²) >= 11 is 0. The molecule has 2 unspecified atom stereocenters. The number of likely N-dealkylation sites (tertiary alicyclic amines) is 1. The molecule has 0 spiro atoms. The minimum absolute atomic E-state index is 0.215. The SMILES string of the molecule is CN1CCC(NC(=O)C2CCCC(CN)C2)CC1. The van der Waals surface area contributed by atoms with Crippen molar-refractivity contribution in [3.8, 4) is 0 Å². The monoisotopic (exact) mass is 253 g/mol. The van der Waals surface area contributed by atoms with Crippen LogP contribution in [0.15, 0.2) is 0 Å². The standard InChI is InChI=1S/C14H27N3O/c1-17-7-5-13(6-8-17)16-14(18)12-4-2-3-11(9-12)10-15/h11-13H,2-10,15H2,1H3,(H,16,18). The van der Waals surface area contributed by atoms with E-state index in [0.29, 0.717) is 12.0 Å². The van der Waals surface area contributed by atoms with Crippen LogP contribution >= 0.6 is 0 Å². The molecule has 1 saturated carbocycles. The smallest absolute Gasteiger partial charge is 0.223 e. The van der Waals surface area contributed by atoms with Gasteiger partial charge in [0.2, 0.25) is 5.91 Å². The summed E-state index contributed by atoms with van der Waals surface area (Å²) in [6, 6.07) is 0.395. The molecule has 0 aromatic heterocycles. The highest BCUT2D eigenvalue weighted by molar-refractivity contribution is 5.79. The highest BCUT2D eigenvalue weighted by atomic mass is 16.1. The number of rotatable bonds is 3. The second-order valence-electron chi connectivity index (χ2n) is 6.05. The zero-order valence-electron chi connectivity index (χ0n) is 11.5. The summed E-state index contributed by atoms with van der Waals surface area (Å²) in [5.74, 6) is 1.06. The minimum Gasteiger partial charge on any atom is -0.353 e. The summed E-state index contributed by atoms with van der Waals surface area (Å²) in [4.78, 5) is 14.6. The summed E-state index contributed by atoms with van der Waals surface area (Å²) < 4.78 is 0. The molecule has 0 bridgehead atoms. The largest absolute Gasteiger partial charge is 0.353 e. The van der Waals surface area contributed by atoms with Crippen molar-refractivity contribution in [3.63, 3.8) is 0 Å². The summed E-state index contributed by atoms with van der Waals surface area (Å²) in [5.41, 5.74) is 5.73. The third-order valence-corrected chi connectivity index (χ3v) is 4.55. The normalized spacial score (nSPS) is 31.2. The first kappa shape index (κ1) is 13.8. The molecule has 1 heterocycles. The molecule has 104 valence electrons. The Bertz CT molecular complexity index is 274. The summed E-state index contributed by atoms with van der Waals surface area (Å²) in [6.45, 7) is 2.93. The molecule has 0 aromatic carbocycles. The van der Waals surface area contributed by atoms with E-state index in [9.17, 15) is 4.79 Å². The van der Waals surface area contributed by atoms with E-state index >= 15 is 0 Å². The zero-order valence-corrected chi connectivity index (χ0v) is 11.5. The van der Waals surface area contributed by atoms with Crippen molar-refractivity contribution in [2.24, 2.45) is 17.6 Å². The van der Waals surface area contributed by atoms with E-state index in [1.807, 2.05) is 0 Å². The van der Waals surface area contributed by atoms with Gasteiger partial charge in [0.15, 0.2) is 0 Å². The van der Waals surface area contributed by atoms with Gasteiger partial charge in [0.25, 0.3) is 0 Å². The van der Waals surface area contributed by atoms with Crippen LogP contribution in [0.1, 0.15) is 38.5 Å². The fourth-order valence-corrected chi connectivity index (χ4v) is 3.22. The van der Waals surface area contributed by atoms with Crippen LogP contribution in [0.5, 0.6) is 0 Å².